The molecule has 7 nitrogen and oxygen atoms in total. The lowest BCUT2D eigenvalue weighted by molar-refractivity contribution is -0.117. The molecule has 0 unspecified atom stereocenters. The number of nitrogens with zero attached hydrogens (tertiary/aromatic N) is 3. The molecule has 0 bridgehead atoms. The Hall–Kier alpha value is -1.77. The molecule has 3 heterocycles. The Kier molecular flexibility index (Phi) is 6.05. The van der Waals surface area contributed by atoms with Crippen LogP contribution in [0.2, 0.25) is 0 Å². The van der Waals surface area contributed by atoms with Crippen molar-refractivity contribution in [3.05, 3.63) is 29.7 Å². The van der Waals surface area contributed by atoms with Gasteiger partial charge in [0.15, 0.2) is 0 Å². The number of aromatic nitrogens is 3. The van der Waals surface area contributed by atoms with Crippen LogP contribution in [-0.2, 0) is 4.79 Å². The number of thioether (sulfide) groups is 1. The molecule has 2 aromatic heterocycles. The molecular formula is C17H23ClN6OS. The summed E-state index contributed by atoms with van der Waals surface area (Å²) in [4.78, 5) is 27.2. The smallest absolute Gasteiger partial charge is 0.259 e. The molecule has 1 saturated carbocycles. The summed E-state index contributed by atoms with van der Waals surface area (Å²) in [6.45, 7) is 0.813. The van der Waals surface area contributed by atoms with Crippen molar-refractivity contribution < 1.29 is 4.79 Å². The Morgan fingerprint density at radius 3 is 3.12 bits per heavy atom. The van der Waals surface area contributed by atoms with Crippen molar-refractivity contribution in [2.24, 2.45) is 5.73 Å². The number of carbonyl (C=O) groups is 1. The first kappa shape index (κ1) is 19.0. The van der Waals surface area contributed by atoms with Gasteiger partial charge in [0.25, 0.3) is 5.91 Å². The number of amides is 1. The van der Waals surface area contributed by atoms with E-state index >= 15 is 0 Å². The van der Waals surface area contributed by atoms with E-state index in [-0.39, 0.29) is 30.4 Å². The standard InChI is InChI=1S/C17H22N6OS.ClH/c18-11-2-1-3-12(8-11)22-17(24)14-9-23(6-7-25-14)16-13-4-5-19-15(13)20-10-21-16;/h4-5,9-12H,1-3,6-8,18H2,(H,22,24)(H,19,20,21);1H/t11-,12+;/m0./s1. The van der Waals surface area contributed by atoms with Crippen LogP contribution in [0, 0.1) is 0 Å². The summed E-state index contributed by atoms with van der Waals surface area (Å²) < 4.78 is 0. The highest BCUT2D eigenvalue weighted by Crippen LogP contribution is 2.29. The van der Waals surface area contributed by atoms with Crippen LogP contribution in [0.25, 0.3) is 11.0 Å². The number of hydrogen-bond acceptors (Lipinski definition) is 6. The van der Waals surface area contributed by atoms with Gasteiger partial charge in [-0.15, -0.1) is 24.2 Å². The number of nitrogens with two attached hydrogens (primary N) is 1. The molecule has 9 heteroatoms. The zero-order chi connectivity index (χ0) is 17.2. The summed E-state index contributed by atoms with van der Waals surface area (Å²) in [5.74, 6) is 1.67. The molecule has 26 heavy (non-hydrogen) atoms. The van der Waals surface area contributed by atoms with Gasteiger partial charge < -0.3 is 20.9 Å². The number of H-pyrrole nitrogens is 1. The molecule has 1 aliphatic carbocycles. The van der Waals surface area contributed by atoms with Crippen LogP contribution in [0.1, 0.15) is 25.7 Å². The zero-order valence-corrected chi connectivity index (χ0v) is 16.0. The van der Waals surface area contributed by atoms with Gasteiger partial charge in [-0.3, -0.25) is 4.79 Å². The van der Waals surface area contributed by atoms with Crippen molar-refractivity contribution in [3.63, 3.8) is 0 Å². The molecule has 0 saturated heterocycles. The van der Waals surface area contributed by atoms with E-state index in [2.05, 4.69) is 20.3 Å². The van der Waals surface area contributed by atoms with E-state index in [1.165, 1.54) is 0 Å². The van der Waals surface area contributed by atoms with Gasteiger partial charge in [0.05, 0.1) is 10.3 Å². The minimum Gasteiger partial charge on any atom is -0.349 e. The van der Waals surface area contributed by atoms with E-state index < -0.39 is 0 Å². The normalized spacial score (nSPS) is 23.3. The van der Waals surface area contributed by atoms with Crippen LogP contribution in [0.4, 0.5) is 5.82 Å². The molecule has 2 aromatic rings. The van der Waals surface area contributed by atoms with Crippen LogP contribution >= 0.6 is 24.2 Å². The molecule has 0 spiro atoms. The fourth-order valence-electron chi connectivity index (χ4n) is 3.49. The number of nitrogens with one attached hydrogen (secondary N) is 2. The van der Waals surface area contributed by atoms with Crippen LogP contribution in [0.3, 0.4) is 0 Å². The van der Waals surface area contributed by atoms with Crippen molar-refractivity contribution in [1.82, 2.24) is 20.3 Å². The van der Waals surface area contributed by atoms with Crippen molar-refractivity contribution in [1.29, 1.82) is 0 Å². The Labute approximate surface area is 162 Å². The topological polar surface area (TPSA) is 99.9 Å². The fraction of sp³-hybridized carbons (Fsp3) is 0.471. The minimum absolute atomic E-state index is 0. The van der Waals surface area contributed by atoms with Crippen molar-refractivity contribution >= 4 is 46.9 Å². The summed E-state index contributed by atoms with van der Waals surface area (Å²) in [5, 5.41) is 4.11. The monoisotopic (exact) mass is 394 g/mol. The van der Waals surface area contributed by atoms with E-state index in [0.717, 1.165) is 59.7 Å². The van der Waals surface area contributed by atoms with Gasteiger partial charge in [0.2, 0.25) is 0 Å². The molecule has 4 N–H and O–H groups in total. The third-order valence-corrected chi connectivity index (χ3v) is 5.73. The molecule has 0 radical (unpaired) electrons. The van der Waals surface area contributed by atoms with Gasteiger partial charge in [-0.2, -0.15) is 0 Å². The minimum atomic E-state index is -0.00633. The molecule has 0 aromatic carbocycles. The fourth-order valence-corrected chi connectivity index (χ4v) is 4.39. The predicted molar refractivity (Wildman–Crippen MR) is 107 cm³/mol. The van der Waals surface area contributed by atoms with Gasteiger partial charge in [-0.05, 0) is 31.7 Å². The quantitative estimate of drug-likeness (QED) is 0.737. The number of rotatable bonds is 3. The van der Waals surface area contributed by atoms with Gasteiger partial charge in [-0.25, -0.2) is 9.97 Å². The maximum atomic E-state index is 12.7. The SMILES string of the molecule is Cl.N[C@H]1CCC[C@@H](NC(=O)C2=CN(c3ncnc4[nH]ccc34)CCS2)C1. The van der Waals surface area contributed by atoms with E-state index in [1.54, 1.807) is 18.1 Å². The number of halogens is 1. The number of anilines is 1. The predicted octanol–water partition coefficient (Wildman–Crippen LogP) is 2.16. The van der Waals surface area contributed by atoms with E-state index in [9.17, 15) is 4.79 Å². The van der Waals surface area contributed by atoms with E-state index in [1.807, 2.05) is 23.4 Å². The second-order valence-electron chi connectivity index (χ2n) is 6.57. The lowest BCUT2D eigenvalue weighted by atomic mass is 9.91. The van der Waals surface area contributed by atoms with Crippen LogP contribution in [0.5, 0.6) is 0 Å². The molecule has 1 amide bonds. The first-order chi connectivity index (χ1) is 12.2. The van der Waals surface area contributed by atoms with Gasteiger partial charge in [-0.1, -0.05) is 0 Å². The average Bonchev–Trinajstić information content (AvgIpc) is 3.10. The molecule has 2 atom stereocenters. The maximum Gasteiger partial charge on any atom is 0.259 e. The van der Waals surface area contributed by atoms with Crippen molar-refractivity contribution in [2.45, 2.75) is 37.8 Å². The van der Waals surface area contributed by atoms with Gasteiger partial charge >= 0.3 is 0 Å². The van der Waals surface area contributed by atoms with Crippen molar-refractivity contribution in [2.75, 3.05) is 17.2 Å². The molecular weight excluding hydrogens is 372 g/mol. The lowest BCUT2D eigenvalue weighted by Gasteiger charge is -2.29. The lowest BCUT2D eigenvalue weighted by Crippen LogP contribution is -2.43. The van der Waals surface area contributed by atoms with Crippen molar-refractivity contribution in [3.8, 4) is 0 Å². The first-order valence-corrected chi connectivity index (χ1v) is 9.65. The van der Waals surface area contributed by atoms with Crippen LogP contribution < -0.4 is 16.0 Å². The first-order valence-electron chi connectivity index (χ1n) is 8.66. The molecule has 4 rings (SSSR count). The van der Waals surface area contributed by atoms with Gasteiger partial charge in [0, 0.05) is 36.8 Å². The average molecular weight is 395 g/mol. The third kappa shape index (κ3) is 3.97. The zero-order valence-electron chi connectivity index (χ0n) is 14.4. The Balaban J connectivity index is 0.00000196. The number of aromatic amines is 1. The van der Waals surface area contributed by atoms with Crippen LogP contribution in [-0.4, -0.2) is 45.2 Å². The Morgan fingerprint density at radius 2 is 2.27 bits per heavy atom. The Morgan fingerprint density at radius 1 is 1.38 bits per heavy atom. The number of hydrogen-bond donors (Lipinski definition) is 3. The molecule has 140 valence electrons. The summed E-state index contributed by atoms with van der Waals surface area (Å²) >= 11 is 1.59. The second kappa shape index (κ2) is 8.28. The number of fused-ring (bicyclic) bond motifs is 1. The third-order valence-electron chi connectivity index (χ3n) is 4.74. The largest absolute Gasteiger partial charge is 0.349 e. The maximum absolute atomic E-state index is 12.7. The van der Waals surface area contributed by atoms with E-state index in [0.29, 0.717) is 0 Å². The Bertz CT molecular complexity index is 809. The van der Waals surface area contributed by atoms with Gasteiger partial charge in [0.1, 0.15) is 17.8 Å². The van der Waals surface area contributed by atoms with Crippen LogP contribution in [0.15, 0.2) is 29.7 Å². The summed E-state index contributed by atoms with van der Waals surface area (Å²) in [6.07, 6.45) is 9.31. The highest BCUT2D eigenvalue weighted by atomic mass is 35.5. The molecule has 2 aliphatic rings. The summed E-state index contributed by atoms with van der Waals surface area (Å²) in [6, 6.07) is 2.35. The highest BCUT2D eigenvalue weighted by molar-refractivity contribution is 8.04. The summed E-state index contributed by atoms with van der Waals surface area (Å²) in [5.41, 5.74) is 6.83. The molecule has 1 fully saturated rings. The number of carbonyl (C=O) groups excluding carboxylic acids is 1. The van der Waals surface area contributed by atoms with E-state index in [4.69, 9.17) is 5.73 Å². The molecule has 1 aliphatic heterocycles. The summed E-state index contributed by atoms with van der Waals surface area (Å²) in [7, 11) is 0. The highest BCUT2D eigenvalue weighted by Gasteiger charge is 2.25. The second-order valence-corrected chi connectivity index (χ2v) is 7.71.